The van der Waals surface area contributed by atoms with Gasteiger partial charge in [0, 0.05) is 36.9 Å². The van der Waals surface area contributed by atoms with E-state index in [1.807, 2.05) is 12.1 Å². The van der Waals surface area contributed by atoms with Crippen LogP contribution in [0.15, 0.2) is 29.3 Å². The second kappa shape index (κ2) is 8.04. The molecule has 0 bridgehead atoms. The van der Waals surface area contributed by atoms with Crippen molar-refractivity contribution in [3.05, 3.63) is 29.8 Å². The van der Waals surface area contributed by atoms with Gasteiger partial charge in [0.1, 0.15) is 0 Å². The van der Waals surface area contributed by atoms with E-state index in [0.717, 1.165) is 12.0 Å². The molecule has 3 N–H and O–H groups in total. The van der Waals surface area contributed by atoms with Crippen LogP contribution in [0.1, 0.15) is 25.8 Å². The Morgan fingerprint density at radius 1 is 1.48 bits per heavy atom. The van der Waals surface area contributed by atoms with Gasteiger partial charge >= 0.3 is 0 Å². The molecular formula is C19H26N4O2. The first-order chi connectivity index (χ1) is 11.9. The molecule has 1 aromatic carbocycles. The van der Waals surface area contributed by atoms with Crippen molar-refractivity contribution < 1.29 is 9.53 Å². The van der Waals surface area contributed by atoms with Crippen molar-refractivity contribution in [1.82, 2.24) is 10.6 Å². The summed E-state index contributed by atoms with van der Waals surface area (Å²) in [6.45, 7) is 4.42. The van der Waals surface area contributed by atoms with E-state index in [0.29, 0.717) is 11.6 Å². The minimum absolute atomic E-state index is 0.0181. The van der Waals surface area contributed by atoms with Crippen LogP contribution in [0.25, 0.3) is 0 Å². The number of amides is 1. The van der Waals surface area contributed by atoms with Gasteiger partial charge in [-0.15, -0.1) is 6.42 Å². The third kappa shape index (κ3) is 4.52. The van der Waals surface area contributed by atoms with Crippen LogP contribution in [0, 0.1) is 17.8 Å². The van der Waals surface area contributed by atoms with E-state index in [1.54, 1.807) is 26.3 Å². The van der Waals surface area contributed by atoms with Crippen molar-refractivity contribution in [2.75, 3.05) is 26.0 Å². The van der Waals surface area contributed by atoms with Gasteiger partial charge in [-0.2, -0.15) is 0 Å². The molecule has 2 rings (SSSR count). The highest BCUT2D eigenvalue weighted by atomic mass is 16.5. The van der Waals surface area contributed by atoms with Crippen LogP contribution in [0.5, 0.6) is 0 Å². The Balaban J connectivity index is 1.83. The second-order valence-electron chi connectivity index (χ2n) is 6.68. The monoisotopic (exact) mass is 342 g/mol. The zero-order valence-corrected chi connectivity index (χ0v) is 15.2. The van der Waals surface area contributed by atoms with E-state index >= 15 is 0 Å². The zero-order valence-electron chi connectivity index (χ0n) is 15.2. The fraction of sp³-hybridized carbons (Fsp3) is 0.474. The first kappa shape index (κ1) is 18.8. The number of rotatable bonds is 5. The normalized spacial score (nSPS) is 21.6. The highest BCUT2D eigenvalue weighted by molar-refractivity contribution is 5.95. The van der Waals surface area contributed by atoms with Gasteiger partial charge in [-0.1, -0.05) is 25.8 Å². The van der Waals surface area contributed by atoms with Crippen LogP contribution in [-0.2, 0) is 9.53 Å². The Morgan fingerprint density at radius 3 is 2.84 bits per heavy atom. The molecule has 134 valence electrons. The fourth-order valence-corrected chi connectivity index (χ4v) is 2.95. The van der Waals surface area contributed by atoms with E-state index in [2.05, 4.69) is 40.7 Å². The summed E-state index contributed by atoms with van der Waals surface area (Å²) in [6.07, 6.45) is 6.51. The fourth-order valence-electron chi connectivity index (χ4n) is 2.95. The van der Waals surface area contributed by atoms with Crippen LogP contribution in [0.2, 0.25) is 0 Å². The number of nitrogens with zero attached hydrogens (tertiary/aromatic N) is 1. The number of methoxy groups -OCH3 is 1. The van der Waals surface area contributed by atoms with Gasteiger partial charge in [-0.05, 0) is 24.6 Å². The number of terminal acetylenes is 1. The average molecular weight is 342 g/mol. The minimum Gasteiger partial charge on any atom is -0.381 e. The maximum Gasteiger partial charge on any atom is 0.243 e. The predicted octanol–water partition coefficient (Wildman–Crippen LogP) is 1.58. The number of benzene rings is 1. The summed E-state index contributed by atoms with van der Waals surface area (Å²) in [5, 5.41) is 9.19. The summed E-state index contributed by atoms with van der Waals surface area (Å²) in [6, 6.07) is 7.43. The average Bonchev–Trinajstić information content (AvgIpc) is 2.60. The van der Waals surface area contributed by atoms with Crippen LogP contribution in [-0.4, -0.2) is 44.7 Å². The molecule has 1 aromatic rings. The van der Waals surface area contributed by atoms with Gasteiger partial charge in [-0.25, -0.2) is 0 Å². The van der Waals surface area contributed by atoms with E-state index in [4.69, 9.17) is 11.2 Å². The van der Waals surface area contributed by atoms with Crippen LogP contribution in [0.3, 0.4) is 0 Å². The number of anilines is 1. The molecule has 0 aromatic heterocycles. The van der Waals surface area contributed by atoms with Crippen molar-refractivity contribution in [2.24, 2.45) is 10.4 Å². The van der Waals surface area contributed by atoms with Crippen LogP contribution >= 0.6 is 0 Å². The quantitative estimate of drug-likeness (QED) is 0.431. The van der Waals surface area contributed by atoms with Gasteiger partial charge in [0.15, 0.2) is 5.96 Å². The lowest BCUT2D eigenvalue weighted by atomic mass is 9.64. The molecule has 0 aliphatic heterocycles. The largest absolute Gasteiger partial charge is 0.381 e. The van der Waals surface area contributed by atoms with Crippen molar-refractivity contribution in [3.63, 3.8) is 0 Å². The SMILES string of the molecule is C#Cc1cccc(NC(=O)CNC(=NC)NC2CC(OC)C2(C)C)c1. The predicted molar refractivity (Wildman–Crippen MR) is 100 cm³/mol. The molecule has 1 aliphatic carbocycles. The van der Waals surface area contributed by atoms with Gasteiger partial charge in [0.05, 0.1) is 12.6 Å². The number of guanidine groups is 1. The Morgan fingerprint density at radius 2 is 2.24 bits per heavy atom. The van der Waals surface area contributed by atoms with Crippen LogP contribution < -0.4 is 16.0 Å². The zero-order chi connectivity index (χ0) is 18.4. The number of hydrogen-bond acceptors (Lipinski definition) is 3. The van der Waals surface area contributed by atoms with E-state index < -0.39 is 0 Å². The summed E-state index contributed by atoms with van der Waals surface area (Å²) in [7, 11) is 3.42. The third-order valence-corrected chi connectivity index (χ3v) is 4.73. The summed E-state index contributed by atoms with van der Waals surface area (Å²) in [4.78, 5) is 16.3. The molecule has 1 fully saturated rings. The maximum absolute atomic E-state index is 12.1. The number of nitrogens with one attached hydrogen (secondary N) is 3. The van der Waals surface area contributed by atoms with Crippen molar-refractivity contribution in [2.45, 2.75) is 32.4 Å². The highest BCUT2D eigenvalue weighted by Crippen LogP contribution is 2.42. The number of carbonyl (C=O) groups excluding carboxylic acids is 1. The molecular weight excluding hydrogens is 316 g/mol. The molecule has 2 atom stereocenters. The molecule has 6 heteroatoms. The number of carbonyl (C=O) groups is 1. The first-order valence-electron chi connectivity index (χ1n) is 8.27. The third-order valence-electron chi connectivity index (χ3n) is 4.73. The summed E-state index contributed by atoms with van der Waals surface area (Å²) in [5.74, 6) is 2.97. The van der Waals surface area contributed by atoms with Crippen molar-refractivity contribution >= 4 is 17.6 Å². The molecule has 0 saturated heterocycles. The molecule has 1 amide bonds. The topological polar surface area (TPSA) is 74.8 Å². The Hall–Kier alpha value is -2.52. The molecule has 1 aliphatic rings. The molecule has 6 nitrogen and oxygen atoms in total. The number of ether oxygens (including phenoxy) is 1. The summed E-state index contributed by atoms with van der Waals surface area (Å²) < 4.78 is 5.45. The Bertz CT molecular complexity index is 691. The lowest BCUT2D eigenvalue weighted by molar-refractivity contribution is -0.115. The summed E-state index contributed by atoms with van der Waals surface area (Å²) in [5.41, 5.74) is 1.42. The molecule has 0 heterocycles. The van der Waals surface area contributed by atoms with E-state index in [9.17, 15) is 4.79 Å². The molecule has 0 radical (unpaired) electrons. The first-order valence-corrected chi connectivity index (χ1v) is 8.27. The van der Waals surface area contributed by atoms with Gasteiger partial charge in [-0.3, -0.25) is 9.79 Å². The molecule has 1 saturated carbocycles. The Kier molecular flexibility index (Phi) is 6.05. The smallest absolute Gasteiger partial charge is 0.243 e. The van der Waals surface area contributed by atoms with Crippen molar-refractivity contribution in [3.8, 4) is 12.3 Å². The molecule has 0 spiro atoms. The van der Waals surface area contributed by atoms with Gasteiger partial charge in [0.2, 0.25) is 5.91 Å². The number of aliphatic imine (C=N–C) groups is 1. The lowest BCUT2D eigenvalue weighted by Crippen LogP contribution is -2.63. The Labute approximate surface area is 149 Å². The summed E-state index contributed by atoms with van der Waals surface area (Å²) >= 11 is 0. The van der Waals surface area contributed by atoms with E-state index in [1.165, 1.54) is 0 Å². The maximum atomic E-state index is 12.1. The van der Waals surface area contributed by atoms with Gasteiger partial charge < -0.3 is 20.7 Å². The molecule has 25 heavy (non-hydrogen) atoms. The highest BCUT2D eigenvalue weighted by Gasteiger charge is 2.48. The molecule has 2 unspecified atom stereocenters. The lowest BCUT2D eigenvalue weighted by Gasteiger charge is -2.51. The van der Waals surface area contributed by atoms with E-state index in [-0.39, 0.29) is 30.0 Å². The second-order valence-corrected chi connectivity index (χ2v) is 6.68. The minimum atomic E-state index is -0.167. The number of hydrogen-bond donors (Lipinski definition) is 3. The standard InChI is InChI=1S/C19H26N4O2/c1-6-13-8-7-9-14(10-13)22-17(24)12-21-18(20-4)23-15-11-16(25-5)19(15,2)3/h1,7-10,15-16H,11-12H2,2-5H3,(H,22,24)(H2,20,21,23). The van der Waals surface area contributed by atoms with Crippen LogP contribution in [0.4, 0.5) is 5.69 Å². The van der Waals surface area contributed by atoms with Gasteiger partial charge in [0.25, 0.3) is 0 Å². The van der Waals surface area contributed by atoms with Crippen molar-refractivity contribution in [1.29, 1.82) is 0 Å².